The number of pyridine rings is 1. The van der Waals surface area contributed by atoms with E-state index in [-0.39, 0.29) is 18.0 Å². The number of hydrogen-bond donors (Lipinski definition) is 1. The predicted molar refractivity (Wildman–Crippen MR) is 118 cm³/mol. The lowest BCUT2D eigenvalue weighted by atomic mass is 9.87. The highest BCUT2D eigenvalue weighted by Crippen LogP contribution is 2.30. The number of fused-ring (bicyclic) bond motifs is 1. The van der Waals surface area contributed by atoms with E-state index in [1.807, 2.05) is 24.3 Å². The van der Waals surface area contributed by atoms with Gasteiger partial charge in [-0.2, -0.15) is 0 Å². The van der Waals surface area contributed by atoms with Crippen molar-refractivity contribution in [2.24, 2.45) is 5.92 Å². The molecule has 1 aromatic carbocycles. The summed E-state index contributed by atoms with van der Waals surface area (Å²) < 4.78 is 6.25. The zero-order valence-electron chi connectivity index (χ0n) is 16.9. The van der Waals surface area contributed by atoms with E-state index in [1.165, 1.54) is 51.5 Å². The molecule has 28 heavy (non-hydrogen) atoms. The fourth-order valence-corrected chi connectivity index (χ4v) is 4.97. The van der Waals surface area contributed by atoms with Crippen molar-refractivity contribution in [2.45, 2.75) is 69.9 Å². The zero-order chi connectivity index (χ0) is 18.6. The third kappa shape index (κ3) is 5.09. The van der Waals surface area contributed by atoms with Crippen LogP contribution in [0.15, 0.2) is 35.3 Å². The van der Waals surface area contributed by atoms with Gasteiger partial charge in [0.1, 0.15) is 5.75 Å². The summed E-state index contributed by atoms with van der Waals surface area (Å²) in [5.41, 5.74) is -0.0411. The van der Waals surface area contributed by atoms with Gasteiger partial charge in [-0.05, 0) is 81.1 Å². The number of rotatable bonds is 5. The Hall–Kier alpha value is -1.52. The van der Waals surface area contributed by atoms with E-state index in [9.17, 15) is 4.79 Å². The summed E-state index contributed by atoms with van der Waals surface area (Å²) in [5, 5.41) is 1.66. The summed E-state index contributed by atoms with van der Waals surface area (Å²) in [6, 6.07) is 8.43. The maximum atomic E-state index is 11.8. The first kappa shape index (κ1) is 21.2. The van der Waals surface area contributed by atoms with Crippen molar-refractivity contribution in [3.63, 3.8) is 0 Å². The number of benzene rings is 1. The second kappa shape index (κ2) is 9.80. The highest BCUT2D eigenvalue weighted by atomic mass is 35.5. The quantitative estimate of drug-likeness (QED) is 0.749. The summed E-state index contributed by atoms with van der Waals surface area (Å²) in [6.07, 6.45) is 13.8. The zero-order valence-corrected chi connectivity index (χ0v) is 17.7. The number of ether oxygens (including phenoxy) is 1. The minimum Gasteiger partial charge on any atom is -0.490 e. The van der Waals surface area contributed by atoms with Gasteiger partial charge in [0, 0.05) is 24.2 Å². The van der Waals surface area contributed by atoms with E-state index < -0.39 is 0 Å². The largest absolute Gasteiger partial charge is 0.490 e. The van der Waals surface area contributed by atoms with E-state index in [4.69, 9.17) is 4.74 Å². The summed E-state index contributed by atoms with van der Waals surface area (Å²) in [5.74, 6) is 1.80. The maximum absolute atomic E-state index is 11.8. The van der Waals surface area contributed by atoms with E-state index in [0.717, 1.165) is 35.3 Å². The third-order valence-electron chi connectivity index (χ3n) is 6.59. The average Bonchev–Trinajstić information content (AvgIpc) is 2.69. The van der Waals surface area contributed by atoms with E-state index >= 15 is 0 Å². The van der Waals surface area contributed by atoms with Crippen molar-refractivity contribution in [1.29, 1.82) is 0 Å². The molecule has 0 unspecified atom stereocenters. The molecule has 0 saturated heterocycles. The minimum absolute atomic E-state index is 0. The van der Waals surface area contributed by atoms with Gasteiger partial charge in [0.2, 0.25) is 0 Å². The number of nitrogens with zero attached hydrogens (tertiary/aromatic N) is 1. The maximum Gasteiger partial charge on any atom is 0.255 e. The summed E-state index contributed by atoms with van der Waals surface area (Å²) in [4.78, 5) is 17.2. The average molecular weight is 405 g/mol. The van der Waals surface area contributed by atoms with Gasteiger partial charge in [0.15, 0.2) is 0 Å². The van der Waals surface area contributed by atoms with Crippen LogP contribution in [0.25, 0.3) is 10.8 Å². The molecule has 0 spiro atoms. The number of nitrogens with one attached hydrogen (secondary N) is 1. The fourth-order valence-electron chi connectivity index (χ4n) is 4.97. The van der Waals surface area contributed by atoms with Crippen molar-refractivity contribution in [2.75, 3.05) is 13.6 Å². The van der Waals surface area contributed by atoms with E-state index in [0.29, 0.717) is 12.1 Å². The Kier molecular flexibility index (Phi) is 7.42. The molecule has 4 rings (SSSR count). The molecule has 2 saturated carbocycles. The topological polar surface area (TPSA) is 45.3 Å². The summed E-state index contributed by atoms with van der Waals surface area (Å²) in [7, 11) is 2.32. The molecule has 4 nitrogen and oxygen atoms in total. The molecule has 2 fully saturated rings. The van der Waals surface area contributed by atoms with Crippen LogP contribution in [0.4, 0.5) is 0 Å². The Morgan fingerprint density at radius 2 is 1.79 bits per heavy atom. The van der Waals surface area contributed by atoms with Crippen LogP contribution in [0.5, 0.6) is 5.75 Å². The standard InChI is InChI=1S/C23H32N2O2.ClH/c1-25(16-17-5-3-2-4-6-17)19-7-9-20(10-8-19)27-21-11-12-22-18(15-21)13-14-24-23(22)26;/h11-15,17,19-20H,2-10,16H2,1H3,(H,24,26);1H. The van der Waals surface area contributed by atoms with Gasteiger partial charge in [-0.15, -0.1) is 12.4 Å². The number of hydrogen-bond acceptors (Lipinski definition) is 3. The second-order valence-corrected chi connectivity index (χ2v) is 8.55. The molecular formula is C23H33ClN2O2. The van der Waals surface area contributed by atoms with Crippen molar-refractivity contribution in [1.82, 2.24) is 9.88 Å². The van der Waals surface area contributed by atoms with E-state index in [1.54, 1.807) is 6.20 Å². The first-order chi connectivity index (χ1) is 13.2. The molecular weight excluding hydrogens is 372 g/mol. The molecule has 0 atom stereocenters. The second-order valence-electron chi connectivity index (χ2n) is 8.55. The minimum atomic E-state index is -0.0411. The van der Waals surface area contributed by atoms with Crippen LogP contribution in [0.3, 0.4) is 0 Å². The van der Waals surface area contributed by atoms with Gasteiger partial charge in [-0.1, -0.05) is 19.3 Å². The Labute approximate surface area is 174 Å². The number of aromatic nitrogens is 1. The molecule has 2 aliphatic rings. The Bertz CT molecular complexity index is 808. The molecule has 154 valence electrons. The van der Waals surface area contributed by atoms with Crippen molar-refractivity contribution in [3.05, 3.63) is 40.8 Å². The third-order valence-corrected chi connectivity index (χ3v) is 6.59. The molecule has 1 N–H and O–H groups in total. The van der Waals surface area contributed by atoms with Crippen molar-refractivity contribution < 1.29 is 4.74 Å². The van der Waals surface area contributed by atoms with Crippen LogP contribution in [-0.4, -0.2) is 35.6 Å². The first-order valence-corrected chi connectivity index (χ1v) is 10.7. The predicted octanol–water partition coefficient (Wildman–Crippen LogP) is 5.15. The fraction of sp³-hybridized carbons (Fsp3) is 0.609. The Morgan fingerprint density at radius 3 is 2.54 bits per heavy atom. The van der Waals surface area contributed by atoms with Gasteiger partial charge in [0.25, 0.3) is 5.56 Å². The van der Waals surface area contributed by atoms with Crippen LogP contribution in [0, 0.1) is 5.92 Å². The molecule has 0 bridgehead atoms. The van der Waals surface area contributed by atoms with Crippen LogP contribution >= 0.6 is 12.4 Å². The first-order valence-electron chi connectivity index (χ1n) is 10.7. The molecule has 5 heteroatoms. The summed E-state index contributed by atoms with van der Waals surface area (Å²) in [6.45, 7) is 1.27. The molecule has 1 heterocycles. The molecule has 1 aromatic heterocycles. The lowest BCUT2D eigenvalue weighted by Crippen LogP contribution is -2.40. The lowest BCUT2D eigenvalue weighted by molar-refractivity contribution is 0.0891. The molecule has 2 aliphatic carbocycles. The Morgan fingerprint density at radius 1 is 1.04 bits per heavy atom. The van der Waals surface area contributed by atoms with Gasteiger partial charge in [0.05, 0.1) is 6.10 Å². The summed E-state index contributed by atoms with van der Waals surface area (Å²) >= 11 is 0. The monoisotopic (exact) mass is 404 g/mol. The molecule has 2 aromatic rings. The molecule has 0 radical (unpaired) electrons. The Balaban J connectivity index is 0.00000225. The van der Waals surface area contributed by atoms with Crippen LogP contribution in [0.2, 0.25) is 0 Å². The highest BCUT2D eigenvalue weighted by molar-refractivity contribution is 5.85. The smallest absolute Gasteiger partial charge is 0.255 e. The van der Waals surface area contributed by atoms with Crippen LogP contribution in [-0.2, 0) is 0 Å². The number of aromatic amines is 1. The van der Waals surface area contributed by atoms with Crippen molar-refractivity contribution in [3.8, 4) is 5.75 Å². The van der Waals surface area contributed by atoms with E-state index in [2.05, 4.69) is 16.9 Å². The van der Waals surface area contributed by atoms with Gasteiger partial charge >= 0.3 is 0 Å². The molecule has 0 aliphatic heterocycles. The molecule has 0 amide bonds. The van der Waals surface area contributed by atoms with Gasteiger partial charge in [-0.3, -0.25) is 4.79 Å². The number of H-pyrrole nitrogens is 1. The highest BCUT2D eigenvalue weighted by Gasteiger charge is 2.26. The SMILES string of the molecule is CN(CC1CCCCC1)C1CCC(Oc2ccc3c(=O)[nH]ccc3c2)CC1.Cl. The lowest BCUT2D eigenvalue weighted by Gasteiger charge is -2.37. The van der Waals surface area contributed by atoms with Gasteiger partial charge < -0.3 is 14.6 Å². The van der Waals surface area contributed by atoms with Crippen LogP contribution < -0.4 is 10.3 Å². The van der Waals surface area contributed by atoms with Gasteiger partial charge in [-0.25, -0.2) is 0 Å². The van der Waals surface area contributed by atoms with Crippen molar-refractivity contribution >= 4 is 23.2 Å². The normalized spacial score (nSPS) is 23.5. The van der Waals surface area contributed by atoms with Crippen LogP contribution in [0.1, 0.15) is 57.8 Å². The number of halogens is 1.